The molecule has 0 bridgehead atoms. The van der Waals surface area contributed by atoms with Crippen LogP contribution < -0.4 is 0 Å². The normalized spacial score (nSPS) is 16.2. The van der Waals surface area contributed by atoms with Crippen molar-refractivity contribution in [2.45, 2.75) is 40.2 Å². The first-order valence-corrected chi connectivity index (χ1v) is 5.43. The number of rotatable bonds is 6. The lowest BCUT2D eigenvalue weighted by atomic mass is 9.92. The molecule has 0 aromatic carbocycles. The second-order valence-electron chi connectivity index (χ2n) is 4.66. The highest BCUT2D eigenvalue weighted by Crippen LogP contribution is 2.15. The molecule has 0 heterocycles. The summed E-state index contributed by atoms with van der Waals surface area (Å²) in [6, 6.07) is 0. The van der Waals surface area contributed by atoms with Crippen LogP contribution in [0, 0.1) is 17.8 Å². The third-order valence-corrected chi connectivity index (χ3v) is 2.29. The Hall–Kier alpha value is -0.830. The van der Waals surface area contributed by atoms with Crippen LogP contribution >= 0.6 is 0 Å². The van der Waals surface area contributed by atoms with E-state index in [4.69, 9.17) is 5.11 Å². The molecular weight excluding hydrogens is 192 g/mol. The molecule has 0 aromatic heterocycles. The third kappa shape index (κ3) is 5.57. The van der Waals surface area contributed by atoms with E-state index in [1.54, 1.807) is 6.08 Å². The summed E-state index contributed by atoms with van der Waals surface area (Å²) >= 11 is 0. The molecule has 15 heavy (non-hydrogen) atoms. The number of aliphatic carboxylic acids is 1. The van der Waals surface area contributed by atoms with Crippen LogP contribution in [0.5, 0.6) is 0 Å². The smallest absolute Gasteiger partial charge is 0.313 e. The summed E-state index contributed by atoms with van der Waals surface area (Å²) in [5.41, 5.74) is 0. The molecule has 88 valence electrons. The van der Waals surface area contributed by atoms with E-state index in [1.165, 1.54) is 0 Å². The van der Waals surface area contributed by atoms with Crippen molar-refractivity contribution in [1.29, 1.82) is 0 Å². The van der Waals surface area contributed by atoms with Crippen molar-refractivity contribution in [2.24, 2.45) is 17.8 Å². The molecule has 0 aliphatic heterocycles. The molecule has 3 nitrogen and oxygen atoms in total. The summed E-state index contributed by atoms with van der Waals surface area (Å²) in [6.45, 7) is 7.77. The molecule has 0 spiro atoms. The number of aliphatic hydroxyl groups excluding tert-OH is 1. The molecule has 0 amide bonds. The van der Waals surface area contributed by atoms with Crippen LogP contribution in [0.25, 0.3) is 0 Å². The van der Waals surface area contributed by atoms with Crippen molar-refractivity contribution < 1.29 is 15.0 Å². The van der Waals surface area contributed by atoms with Gasteiger partial charge in [0, 0.05) is 0 Å². The average Bonchev–Trinajstić information content (AvgIpc) is 2.10. The number of carboxylic acid groups (broad SMARTS) is 1. The van der Waals surface area contributed by atoms with Gasteiger partial charge in [-0.3, -0.25) is 4.79 Å². The van der Waals surface area contributed by atoms with Crippen LogP contribution in [0.4, 0.5) is 0 Å². The van der Waals surface area contributed by atoms with Crippen molar-refractivity contribution in [3.8, 4) is 0 Å². The zero-order chi connectivity index (χ0) is 12.0. The SMILES string of the molecule is CC(C)C/C=C/C(C(=O)O)C(O)C(C)C. The zero-order valence-electron chi connectivity index (χ0n) is 9.97. The van der Waals surface area contributed by atoms with Crippen molar-refractivity contribution in [2.75, 3.05) is 0 Å². The third-order valence-electron chi connectivity index (χ3n) is 2.29. The maximum absolute atomic E-state index is 10.9. The van der Waals surface area contributed by atoms with Gasteiger partial charge in [0.2, 0.25) is 0 Å². The van der Waals surface area contributed by atoms with Crippen LogP contribution in [-0.2, 0) is 4.79 Å². The number of hydrogen-bond acceptors (Lipinski definition) is 2. The first kappa shape index (κ1) is 14.2. The fourth-order valence-corrected chi connectivity index (χ4v) is 1.25. The van der Waals surface area contributed by atoms with Gasteiger partial charge in [0.05, 0.1) is 6.10 Å². The predicted octanol–water partition coefficient (Wildman–Crippen LogP) is 2.31. The lowest BCUT2D eigenvalue weighted by Gasteiger charge is -2.19. The van der Waals surface area contributed by atoms with Gasteiger partial charge in [-0.05, 0) is 18.3 Å². The van der Waals surface area contributed by atoms with Gasteiger partial charge >= 0.3 is 5.97 Å². The van der Waals surface area contributed by atoms with Crippen LogP contribution in [0.3, 0.4) is 0 Å². The maximum atomic E-state index is 10.9. The Morgan fingerprint density at radius 1 is 1.27 bits per heavy atom. The monoisotopic (exact) mass is 214 g/mol. The summed E-state index contributed by atoms with van der Waals surface area (Å²) in [5.74, 6) is -1.29. The Balaban J connectivity index is 4.41. The van der Waals surface area contributed by atoms with Crippen molar-refractivity contribution >= 4 is 5.97 Å². The van der Waals surface area contributed by atoms with Gasteiger partial charge in [0.15, 0.2) is 0 Å². The van der Waals surface area contributed by atoms with Crippen LogP contribution in [0.1, 0.15) is 34.1 Å². The summed E-state index contributed by atoms with van der Waals surface area (Å²) in [5, 5.41) is 18.6. The van der Waals surface area contributed by atoms with E-state index in [0.29, 0.717) is 5.92 Å². The highest BCUT2D eigenvalue weighted by atomic mass is 16.4. The highest BCUT2D eigenvalue weighted by molar-refractivity contribution is 5.72. The van der Waals surface area contributed by atoms with E-state index in [9.17, 15) is 9.90 Å². The second kappa shape index (κ2) is 6.62. The molecule has 0 rings (SSSR count). The summed E-state index contributed by atoms with van der Waals surface area (Å²) in [7, 11) is 0. The van der Waals surface area contributed by atoms with Gasteiger partial charge in [-0.15, -0.1) is 0 Å². The molecule has 3 heteroatoms. The van der Waals surface area contributed by atoms with E-state index in [0.717, 1.165) is 6.42 Å². The van der Waals surface area contributed by atoms with Gasteiger partial charge in [0.25, 0.3) is 0 Å². The molecule has 0 fully saturated rings. The zero-order valence-corrected chi connectivity index (χ0v) is 9.97. The quantitative estimate of drug-likeness (QED) is 0.667. The number of carbonyl (C=O) groups is 1. The first-order valence-electron chi connectivity index (χ1n) is 5.43. The topological polar surface area (TPSA) is 57.5 Å². The van der Waals surface area contributed by atoms with Crippen molar-refractivity contribution in [3.05, 3.63) is 12.2 Å². The molecule has 2 unspecified atom stereocenters. The fraction of sp³-hybridized carbons (Fsp3) is 0.750. The summed E-state index contributed by atoms with van der Waals surface area (Å²) < 4.78 is 0. The maximum Gasteiger partial charge on any atom is 0.313 e. The summed E-state index contributed by atoms with van der Waals surface area (Å²) in [6.07, 6.45) is 3.47. The van der Waals surface area contributed by atoms with E-state index in [2.05, 4.69) is 13.8 Å². The van der Waals surface area contributed by atoms with Crippen molar-refractivity contribution in [1.82, 2.24) is 0 Å². The predicted molar refractivity (Wildman–Crippen MR) is 60.6 cm³/mol. The minimum atomic E-state index is -0.962. The van der Waals surface area contributed by atoms with Gasteiger partial charge in [-0.25, -0.2) is 0 Å². The minimum Gasteiger partial charge on any atom is -0.481 e. The van der Waals surface area contributed by atoms with Gasteiger partial charge in [-0.2, -0.15) is 0 Å². The van der Waals surface area contributed by atoms with Crippen molar-refractivity contribution in [3.63, 3.8) is 0 Å². The van der Waals surface area contributed by atoms with E-state index in [-0.39, 0.29) is 5.92 Å². The Bertz CT molecular complexity index is 219. The number of allylic oxidation sites excluding steroid dienone is 1. The molecule has 0 aromatic rings. The second-order valence-corrected chi connectivity index (χ2v) is 4.66. The van der Waals surface area contributed by atoms with E-state index >= 15 is 0 Å². The molecule has 2 atom stereocenters. The molecule has 0 radical (unpaired) electrons. The van der Waals surface area contributed by atoms with E-state index < -0.39 is 18.0 Å². The minimum absolute atomic E-state index is 0.0465. The largest absolute Gasteiger partial charge is 0.481 e. The highest BCUT2D eigenvalue weighted by Gasteiger charge is 2.25. The van der Waals surface area contributed by atoms with Gasteiger partial charge in [-0.1, -0.05) is 39.8 Å². The van der Waals surface area contributed by atoms with Crippen LogP contribution in [0.2, 0.25) is 0 Å². The van der Waals surface area contributed by atoms with Crippen LogP contribution in [0.15, 0.2) is 12.2 Å². The summed E-state index contributed by atoms with van der Waals surface area (Å²) in [4.78, 5) is 10.9. The Kier molecular flexibility index (Phi) is 6.25. The molecule has 0 saturated carbocycles. The Labute approximate surface area is 91.8 Å². The molecule has 0 aliphatic rings. The Morgan fingerprint density at radius 2 is 1.80 bits per heavy atom. The molecule has 2 N–H and O–H groups in total. The number of aliphatic hydroxyl groups is 1. The standard InChI is InChI=1S/C12H22O3/c1-8(2)6-5-7-10(12(14)15)11(13)9(3)4/h5,7-11,13H,6H2,1-4H3,(H,14,15)/b7-5+. The molecule has 0 saturated heterocycles. The van der Waals surface area contributed by atoms with Crippen LogP contribution in [-0.4, -0.2) is 22.3 Å². The molecular formula is C12H22O3. The van der Waals surface area contributed by atoms with Gasteiger partial charge in [0.1, 0.15) is 5.92 Å². The number of hydrogen-bond donors (Lipinski definition) is 2. The molecule has 0 aliphatic carbocycles. The first-order chi connectivity index (χ1) is 6.86. The fourth-order valence-electron chi connectivity index (χ4n) is 1.25. The Morgan fingerprint density at radius 3 is 2.13 bits per heavy atom. The average molecular weight is 214 g/mol. The van der Waals surface area contributed by atoms with Gasteiger partial charge < -0.3 is 10.2 Å². The lowest BCUT2D eigenvalue weighted by molar-refractivity contribution is -0.144. The van der Waals surface area contributed by atoms with E-state index in [1.807, 2.05) is 19.9 Å². The number of carboxylic acids is 1. The lowest BCUT2D eigenvalue weighted by Crippen LogP contribution is -2.30.